The average molecular weight is 243 g/mol. The minimum absolute atomic E-state index is 0.657. The zero-order valence-electron chi connectivity index (χ0n) is 10.8. The number of rotatable bonds is 4. The fourth-order valence-corrected chi connectivity index (χ4v) is 3.79. The lowest BCUT2D eigenvalue weighted by Gasteiger charge is -2.20. The van der Waals surface area contributed by atoms with E-state index in [4.69, 9.17) is 4.98 Å². The molecule has 0 amide bonds. The van der Waals surface area contributed by atoms with E-state index in [2.05, 4.69) is 16.4 Å². The van der Waals surface area contributed by atoms with Gasteiger partial charge >= 0.3 is 0 Å². The minimum atomic E-state index is 0.657. The van der Waals surface area contributed by atoms with Crippen LogP contribution in [-0.2, 0) is 6.54 Å². The predicted octanol–water partition coefficient (Wildman–Crippen LogP) is 2.63. The van der Waals surface area contributed by atoms with Crippen LogP contribution in [0, 0.1) is 11.8 Å². The van der Waals surface area contributed by atoms with Gasteiger partial charge in [0.25, 0.3) is 0 Å². The maximum absolute atomic E-state index is 4.80. The first kappa shape index (κ1) is 10.9. The summed E-state index contributed by atoms with van der Waals surface area (Å²) in [5.74, 6) is 3.63. The number of aromatic nitrogens is 2. The Morgan fingerprint density at radius 1 is 1.17 bits per heavy atom. The summed E-state index contributed by atoms with van der Waals surface area (Å²) >= 11 is 0. The van der Waals surface area contributed by atoms with Crippen molar-refractivity contribution in [3.05, 3.63) is 23.8 Å². The van der Waals surface area contributed by atoms with Crippen LogP contribution in [0.15, 0.2) is 12.3 Å². The number of nitrogens with zero attached hydrogens (tertiary/aromatic N) is 2. The van der Waals surface area contributed by atoms with E-state index in [1.807, 2.05) is 6.20 Å². The van der Waals surface area contributed by atoms with Crippen LogP contribution >= 0.6 is 0 Å². The molecule has 1 heterocycles. The van der Waals surface area contributed by atoms with Gasteiger partial charge in [0.1, 0.15) is 5.82 Å². The van der Waals surface area contributed by atoms with E-state index in [0.29, 0.717) is 5.92 Å². The lowest BCUT2D eigenvalue weighted by Crippen LogP contribution is -2.18. The lowest BCUT2D eigenvalue weighted by molar-refractivity contribution is 0.404. The molecule has 3 fully saturated rings. The second-order valence-corrected chi connectivity index (χ2v) is 6.34. The van der Waals surface area contributed by atoms with E-state index in [-0.39, 0.29) is 0 Å². The van der Waals surface area contributed by atoms with Crippen LogP contribution in [0.5, 0.6) is 0 Å². The van der Waals surface area contributed by atoms with Crippen LogP contribution in [0.1, 0.15) is 56.0 Å². The predicted molar refractivity (Wildman–Crippen MR) is 70.1 cm³/mol. The molecule has 3 atom stereocenters. The van der Waals surface area contributed by atoms with Gasteiger partial charge in [-0.2, -0.15) is 0 Å². The van der Waals surface area contributed by atoms with Crippen LogP contribution in [0.25, 0.3) is 0 Å². The third kappa shape index (κ3) is 2.05. The van der Waals surface area contributed by atoms with Crippen molar-refractivity contribution in [3.63, 3.8) is 0 Å². The van der Waals surface area contributed by atoms with Crippen LogP contribution in [0.3, 0.4) is 0 Å². The number of fused-ring (bicyclic) bond motifs is 2. The summed E-state index contributed by atoms with van der Waals surface area (Å²) in [6.07, 6.45) is 10.3. The standard InChI is InChI=1S/C15H21N3/c1-2-11-7-10(1)8-14(11)15-16-6-5-13(18-15)9-17-12-3-4-12/h5-6,10-12,14,17H,1-4,7-9H2. The zero-order chi connectivity index (χ0) is 11.9. The summed E-state index contributed by atoms with van der Waals surface area (Å²) in [4.78, 5) is 9.34. The molecule has 1 N–H and O–H groups in total. The molecule has 3 aliphatic carbocycles. The molecule has 0 aliphatic heterocycles. The molecule has 3 saturated carbocycles. The molecule has 4 rings (SSSR count). The Bertz CT molecular complexity index is 441. The fraction of sp³-hybridized carbons (Fsp3) is 0.733. The van der Waals surface area contributed by atoms with E-state index >= 15 is 0 Å². The molecule has 2 bridgehead atoms. The number of hydrogen-bond donors (Lipinski definition) is 1. The van der Waals surface area contributed by atoms with Crippen molar-refractivity contribution in [1.82, 2.24) is 15.3 Å². The van der Waals surface area contributed by atoms with E-state index in [1.54, 1.807) is 0 Å². The van der Waals surface area contributed by atoms with Crippen LogP contribution < -0.4 is 5.32 Å². The fourth-order valence-electron chi connectivity index (χ4n) is 3.79. The molecule has 1 aromatic heterocycles. The molecule has 0 radical (unpaired) electrons. The van der Waals surface area contributed by atoms with E-state index in [0.717, 1.165) is 30.2 Å². The largest absolute Gasteiger partial charge is 0.308 e. The second-order valence-electron chi connectivity index (χ2n) is 6.34. The molecule has 96 valence electrons. The third-order valence-electron chi connectivity index (χ3n) is 4.95. The summed E-state index contributed by atoms with van der Waals surface area (Å²) in [6.45, 7) is 0.918. The van der Waals surface area contributed by atoms with Crippen molar-refractivity contribution in [3.8, 4) is 0 Å². The van der Waals surface area contributed by atoms with Crippen molar-refractivity contribution in [2.45, 2.75) is 57.0 Å². The first-order valence-electron chi connectivity index (χ1n) is 7.43. The van der Waals surface area contributed by atoms with Gasteiger partial charge < -0.3 is 5.32 Å². The number of nitrogens with one attached hydrogen (secondary N) is 1. The van der Waals surface area contributed by atoms with Gasteiger partial charge in [-0.15, -0.1) is 0 Å². The Morgan fingerprint density at radius 3 is 2.83 bits per heavy atom. The summed E-state index contributed by atoms with van der Waals surface area (Å²) in [6, 6.07) is 2.82. The monoisotopic (exact) mass is 243 g/mol. The van der Waals surface area contributed by atoms with Crippen LogP contribution in [0.2, 0.25) is 0 Å². The molecule has 3 heteroatoms. The van der Waals surface area contributed by atoms with Gasteiger partial charge in [0.2, 0.25) is 0 Å². The summed E-state index contributed by atoms with van der Waals surface area (Å²) in [5, 5.41) is 3.53. The van der Waals surface area contributed by atoms with Gasteiger partial charge in [-0.05, 0) is 50.0 Å². The molecule has 0 spiro atoms. The Balaban J connectivity index is 1.48. The summed E-state index contributed by atoms with van der Waals surface area (Å²) in [5.41, 5.74) is 1.18. The van der Waals surface area contributed by atoms with Crippen molar-refractivity contribution in [1.29, 1.82) is 0 Å². The van der Waals surface area contributed by atoms with Crippen molar-refractivity contribution >= 4 is 0 Å². The van der Waals surface area contributed by atoms with Gasteiger partial charge in [0.05, 0.1) is 5.69 Å². The van der Waals surface area contributed by atoms with Gasteiger partial charge in [-0.25, -0.2) is 9.97 Å². The van der Waals surface area contributed by atoms with Gasteiger partial charge in [-0.3, -0.25) is 0 Å². The Morgan fingerprint density at radius 2 is 2.11 bits per heavy atom. The highest BCUT2D eigenvalue weighted by Gasteiger charge is 2.41. The highest BCUT2D eigenvalue weighted by molar-refractivity contribution is 5.11. The Labute approximate surface area is 108 Å². The van der Waals surface area contributed by atoms with Gasteiger partial charge in [-0.1, -0.05) is 6.42 Å². The number of hydrogen-bond acceptors (Lipinski definition) is 3. The quantitative estimate of drug-likeness (QED) is 0.883. The lowest BCUT2D eigenvalue weighted by atomic mass is 9.88. The van der Waals surface area contributed by atoms with Gasteiger partial charge in [0.15, 0.2) is 0 Å². The molecule has 3 unspecified atom stereocenters. The molecule has 18 heavy (non-hydrogen) atoms. The van der Waals surface area contributed by atoms with E-state index in [1.165, 1.54) is 44.2 Å². The first-order valence-corrected chi connectivity index (χ1v) is 7.43. The minimum Gasteiger partial charge on any atom is -0.308 e. The van der Waals surface area contributed by atoms with E-state index in [9.17, 15) is 0 Å². The Kier molecular flexibility index (Phi) is 2.61. The van der Waals surface area contributed by atoms with E-state index < -0.39 is 0 Å². The topological polar surface area (TPSA) is 37.8 Å². The van der Waals surface area contributed by atoms with Crippen molar-refractivity contribution in [2.24, 2.45) is 11.8 Å². The molecule has 3 aliphatic rings. The summed E-state index contributed by atoms with van der Waals surface area (Å²) < 4.78 is 0. The van der Waals surface area contributed by atoms with Gasteiger partial charge in [0, 0.05) is 24.7 Å². The van der Waals surface area contributed by atoms with Crippen molar-refractivity contribution in [2.75, 3.05) is 0 Å². The highest BCUT2D eigenvalue weighted by atomic mass is 15.0. The third-order valence-corrected chi connectivity index (χ3v) is 4.95. The molecular formula is C15H21N3. The van der Waals surface area contributed by atoms with Crippen LogP contribution in [-0.4, -0.2) is 16.0 Å². The smallest absolute Gasteiger partial charge is 0.131 e. The molecule has 1 aromatic rings. The second kappa shape index (κ2) is 4.30. The Hall–Kier alpha value is -0.960. The molecular weight excluding hydrogens is 222 g/mol. The molecule has 0 saturated heterocycles. The van der Waals surface area contributed by atoms with Crippen molar-refractivity contribution < 1.29 is 0 Å². The SMILES string of the molecule is c1cc(CNC2CC2)nc(C2CC3CCC2C3)n1. The maximum Gasteiger partial charge on any atom is 0.131 e. The molecule has 3 nitrogen and oxygen atoms in total. The van der Waals surface area contributed by atoms with Crippen LogP contribution in [0.4, 0.5) is 0 Å². The maximum atomic E-state index is 4.80. The highest BCUT2D eigenvalue weighted by Crippen LogP contribution is 2.51. The zero-order valence-corrected chi connectivity index (χ0v) is 10.8. The normalized spacial score (nSPS) is 34.1. The first-order chi connectivity index (χ1) is 8.88. The summed E-state index contributed by atoms with van der Waals surface area (Å²) in [7, 11) is 0. The average Bonchev–Trinajstić information content (AvgIpc) is 3.00. The molecule has 0 aromatic carbocycles.